The number of hydroxylamine groups is 2. The van der Waals surface area contributed by atoms with Crippen LogP contribution in [0.3, 0.4) is 0 Å². The average Bonchev–Trinajstić information content (AvgIpc) is 2.04. The maximum Gasteiger partial charge on any atom is 0.492 e. The van der Waals surface area contributed by atoms with Crippen LogP contribution in [0.15, 0.2) is 5.16 Å². The highest BCUT2D eigenvalue weighted by molar-refractivity contribution is 5.92. The molecule has 0 spiro atoms. The SMILES string of the molecule is CC(C)(C)ON=C1CN(OC(=O)C(F)(F)F)C1. The van der Waals surface area contributed by atoms with Crippen molar-refractivity contribution in [3.63, 3.8) is 0 Å². The van der Waals surface area contributed by atoms with Crippen LogP contribution in [0.5, 0.6) is 0 Å². The van der Waals surface area contributed by atoms with Crippen LogP contribution in [0.1, 0.15) is 20.8 Å². The van der Waals surface area contributed by atoms with Gasteiger partial charge in [-0.25, -0.2) is 4.79 Å². The van der Waals surface area contributed by atoms with Gasteiger partial charge in [-0.1, -0.05) is 5.16 Å². The molecule has 1 saturated heterocycles. The van der Waals surface area contributed by atoms with Gasteiger partial charge < -0.3 is 9.68 Å². The summed E-state index contributed by atoms with van der Waals surface area (Å²) in [5, 5.41) is 4.58. The Morgan fingerprint density at radius 3 is 2.24 bits per heavy atom. The maximum atomic E-state index is 11.8. The number of carbonyl (C=O) groups excluding carboxylic acids is 1. The normalized spacial score (nSPS) is 17.4. The fourth-order valence-electron chi connectivity index (χ4n) is 0.854. The van der Waals surface area contributed by atoms with Gasteiger partial charge in [-0.15, -0.1) is 5.06 Å². The fourth-order valence-corrected chi connectivity index (χ4v) is 0.854. The third kappa shape index (κ3) is 4.59. The van der Waals surface area contributed by atoms with Crippen LogP contribution in [-0.4, -0.2) is 41.6 Å². The summed E-state index contributed by atoms with van der Waals surface area (Å²) in [6.07, 6.45) is -4.98. The number of oxime groups is 1. The molecule has 0 N–H and O–H groups in total. The minimum Gasteiger partial charge on any atom is -0.390 e. The summed E-state index contributed by atoms with van der Waals surface area (Å²) in [5.41, 5.74) is 0.0608. The van der Waals surface area contributed by atoms with E-state index in [9.17, 15) is 18.0 Å². The van der Waals surface area contributed by atoms with Crippen molar-refractivity contribution in [2.45, 2.75) is 32.5 Å². The fraction of sp³-hybridized carbons (Fsp3) is 0.778. The van der Waals surface area contributed by atoms with Gasteiger partial charge >= 0.3 is 12.1 Å². The number of halogens is 3. The van der Waals surface area contributed by atoms with Gasteiger partial charge in [0.05, 0.1) is 18.8 Å². The Kier molecular flexibility index (Phi) is 3.65. The van der Waals surface area contributed by atoms with Crippen molar-refractivity contribution in [3.8, 4) is 0 Å². The lowest BCUT2D eigenvalue weighted by molar-refractivity contribution is -0.238. The molecule has 8 heteroatoms. The summed E-state index contributed by atoms with van der Waals surface area (Å²) in [4.78, 5) is 19.5. The molecule has 1 aliphatic rings. The highest BCUT2D eigenvalue weighted by Crippen LogP contribution is 2.19. The van der Waals surface area contributed by atoms with Crippen molar-refractivity contribution in [2.24, 2.45) is 5.16 Å². The summed E-state index contributed by atoms with van der Waals surface area (Å²) in [5.74, 6) is -2.23. The predicted molar refractivity (Wildman–Crippen MR) is 52.0 cm³/mol. The summed E-state index contributed by atoms with van der Waals surface area (Å²) in [6.45, 7) is 5.42. The Morgan fingerprint density at radius 1 is 1.29 bits per heavy atom. The Bertz CT molecular complexity index is 325. The van der Waals surface area contributed by atoms with E-state index in [0.29, 0.717) is 5.71 Å². The lowest BCUT2D eigenvalue weighted by atomic mass is 10.2. The smallest absolute Gasteiger partial charge is 0.390 e. The minimum atomic E-state index is -4.98. The second-order valence-electron chi connectivity index (χ2n) is 4.54. The molecule has 1 aliphatic heterocycles. The molecule has 0 saturated carbocycles. The molecule has 17 heavy (non-hydrogen) atoms. The molecule has 0 amide bonds. The first-order valence-corrected chi connectivity index (χ1v) is 4.86. The van der Waals surface area contributed by atoms with E-state index < -0.39 is 17.7 Å². The molecule has 0 unspecified atom stereocenters. The monoisotopic (exact) mass is 254 g/mol. The van der Waals surface area contributed by atoms with Crippen LogP contribution >= 0.6 is 0 Å². The molecule has 0 aromatic heterocycles. The maximum absolute atomic E-state index is 11.8. The molecular formula is C9H13F3N2O3. The van der Waals surface area contributed by atoms with E-state index in [2.05, 4.69) is 9.99 Å². The van der Waals surface area contributed by atoms with Crippen molar-refractivity contribution < 1.29 is 27.6 Å². The van der Waals surface area contributed by atoms with Gasteiger partial charge in [0.1, 0.15) is 5.60 Å². The number of nitrogens with zero attached hydrogens (tertiary/aromatic N) is 2. The molecular weight excluding hydrogens is 241 g/mol. The van der Waals surface area contributed by atoms with Crippen LogP contribution in [0.2, 0.25) is 0 Å². The van der Waals surface area contributed by atoms with Gasteiger partial charge in [-0.2, -0.15) is 13.2 Å². The Hall–Kier alpha value is -1.31. The molecule has 1 rings (SSSR count). The van der Waals surface area contributed by atoms with Gasteiger partial charge in [0, 0.05) is 0 Å². The highest BCUT2D eigenvalue weighted by atomic mass is 19.4. The summed E-state index contributed by atoms with van der Waals surface area (Å²) in [7, 11) is 0. The van der Waals surface area contributed by atoms with E-state index in [1.165, 1.54) is 0 Å². The molecule has 0 radical (unpaired) electrons. The van der Waals surface area contributed by atoms with E-state index in [1.54, 1.807) is 20.8 Å². The van der Waals surface area contributed by atoms with E-state index in [0.717, 1.165) is 5.06 Å². The first-order chi connectivity index (χ1) is 7.58. The van der Waals surface area contributed by atoms with Crippen molar-refractivity contribution >= 4 is 11.7 Å². The number of hydrogen-bond donors (Lipinski definition) is 0. The molecule has 0 aromatic rings. The van der Waals surface area contributed by atoms with E-state index in [1.807, 2.05) is 0 Å². The van der Waals surface area contributed by atoms with Gasteiger partial charge in [0.25, 0.3) is 0 Å². The van der Waals surface area contributed by atoms with Crippen molar-refractivity contribution in [1.82, 2.24) is 5.06 Å². The van der Waals surface area contributed by atoms with E-state index in [-0.39, 0.29) is 13.1 Å². The third-order valence-electron chi connectivity index (χ3n) is 1.61. The minimum absolute atomic E-state index is 0.0257. The molecule has 0 aromatic carbocycles. The molecule has 1 heterocycles. The molecule has 0 bridgehead atoms. The van der Waals surface area contributed by atoms with Crippen LogP contribution in [-0.2, 0) is 14.5 Å². The Labute approximate surface area is 96.1 Å². The molecule has 5 nitrogen and oxygen atoms in total. The molecule has 98 valence electrons. The Balaban J connectivity index is 2.31. The van der Waals surface area contributed by atoms with Gasteiger partial charge in [0.2, 0.25) is 0 Å². The third-order valence-corrected chi connectivity index (χ3v) is 1.61. The number of carbonyl (C=O) groups is 1. The molecule has 0 aliphatic carbocycles. The van der Waals surface area contributed by atoms with Crippen LogP contribution in [0, 0.1) is 0 Å². The van der Waals surface area contributed by atoms with Gasteiger partial charge in [-0.3, -0.25) is 0 Å². The highest BCUT2D eigenvalue weighted by Gasteiger charge is 2.44. The average molecular weight is 254 g/mol. The topological polar surface area (TPSA) is 51.1 Å². The second kappa shape index (κ2) is 4.52. The Morgan fingerprint density at radius 2 is 1.82 bits per heavy atom. The zero-order valence-electron chi connectivity index (χ0n) is 9.67. The van der Waals surface area contributed by atoms with Gasteiger partial charge in [0.15, 0.2) is 0 Å². The lowest BCUT2D eigenvalue weighted by Crippen LogP contribution is -2.50. The van der Waals surface area contributed by atoms with Crippen molar-refractivity contribution in [3.05, 3.63) is 0 Å². The van der Waals surface area contributed by atoms with Crippen LogP contribution in [0.25, 0.3) is 0 Å². The largest absolute Gasteiger partial charge is 0.492 e. The first kappa shape index (κ1) is 13.8. The summed E-state index contributed by atoms with van der Waals surface area (Å²) < 4.78 is 35.4. The van der Waals surface area contributed by atoms with Gasteiger partial charge in [-0.05, 0) is 20.8 Å². The summed E-state index contributed by atoms with van der Waals surface area (Å²) >= 11 is 0. The number of hydrogen-bond acceptors (Lipinski definition) is 5. The molecule has 0 atom stereocenters. The predicted octanol–water partition coefficient (Wildman–Crippen LogP) is 1.49. The van der Waals surface area contributed by atoms with E-state index in [4.69, 9.17) is 4.84 Å². The number of alkyl halides is 3. The summed E-state index contributed by atoms with van der Waals surface area (Å²) in [6, 6.07) is 0. The van der Waals surface area contributed by atoms with Crippen molar-refractivity contribution in [1.29, 1.82) is 0 Å². The van der Waals surface area contributed by atoms with Crippen molar-refractivity contribution in [2.75, 3.05) is 13.1 Å². The molecule has 1 fully saturated rings. The zero-order valence-corrected chi connectivity index (χ0v) is 9.67. The van der Waals surface area contributed by atoms with E-state index >= 15 is 0 Å². The standard InChI is InChI=1S/C9H13F3N2O3/c1-8(2,3)17-13-6-4-14(5-6)16-7(15)9(10,11)12/h4-5H2,1-3H3. The lowest BCUT2D eigenvalue weighted by Gasteiger charge is -2.30. The second-order valence-corrected chi connectivity index (χ2v) is 4.54. The first-order valence-electron chi connectivity index (χ1n) is 4.86. The quantitative estimate of drug-likeness (QED) is 0.701. The van der Waals surface area contributed by atoms with Crippen LogP contribution < -0.4 is 0 Å². The zero-order chi connectivity index (χ0) is 13.3. The number of rotatable bonds is 2. The van der Waals surface area contributed by atoms with Crippen LogP contribution in [0.4, 0.5) is 13.2 Å².